The van der Waals surface area contributed by atoms with Crippen LogP contribution in [0.2, 0.25) is 0 Å². The van der Waals surface area contributed by atoms with Crippen LogP contribution in [0.4, 0.5) is 4.79 Å². The van der Waals surface area contributed by atoms with E-state index in [4.69, 9.17) is 4.74 Å². The summed E-state index contributed by atoms with van der Waals surface area (Å²) in [6.45, 7) is 7.43. The second kappa shape index (κ2) is 5.81. The number of ether oxygens (including phenoxy) is 1. The number of amides is 2. The van der Waals surface area contributed by atoms with Crippen LogP contribution in [0.25, 0.3) is 0 Å². The number of carbonyl (C=O) groups is 2. The highest BCUT2D eigenvalue weighted by atomic mass is 16.5. The standard InChI is InChI=1S/C14H25N3O4/c1-9-5-17(6-10(2)16(9)4)13(20)15-11-7-21-8-14(11,3)12(18)19/h9-11H,5-8H2,1-4H3,(H,15,20)(H,18,19). The quantitative estimate of drug-likeness (QED) is 0.762. The number of carbonyl (C=O) groups excluding carboxylic acids is 1. The molecule has 0 radical (unpaired) electrons. The Balaban J connectivity index is 2.00. The fraction of sp³-hybridized carbons (Fsp3) is 0.857. The summed E-state index contributed by atoms with van der Waals surface area (Å²) in [7, 11) is 2.05. The van der Waals surface area contributed by atoms with Crippen molar-refractivity contribution < 1.29 is 19.4 Å². The van der Waals surface area contributed by atoms with E-state index >= 15 is 0 Å². The molecular weight excluding hydrogens is 274 g/mol. The molecule has 2 fully saturated rings. The van der Waals surface area contributed by atoms with Crippen molar-refractivity contribution in [2.24, 2.45) is 5.41 Å². The van der Waals surface area contributed by atoms with E-state index in [1.165, 1.54) is 0 Å². The summed E-state index contributed by atoms with van der Waals surface area (Å²) in [4.78, 5) is 27.8. The molecule has 0 bridgehead atoms. The largest absolute Gasteiger partial charge is 0.481 e. The number of piperazine rings is 1. The lowest BCUT2D eigenvalue weighted by atomic mass is 9.85. The number of hydrogen-bond acceptors (Lipinski definition) is 4. The summed E-state index contributed by atoms with van der Waals surface area (Å²) in [5, 5.41) is 12.2. The van der Waals surface area contributed by atoms with E-state index in [-0.39, 0.29) is 31.3 Å². The number of hydrogen-bond donors (Lipinski definition) is 2. The first-order chi connectivity index (χ1) is 9.75. The maximum absolute atomic E-state index is 12.4. The van der Waals surface area contributed by atoms with E-state index in [2.05, 4.69) is 31.1 Å². The van der Waals surface area contributed by atoms with Crippen LogP contribution in [0.15, 0.2) is 0 Å². The predicted octanol–water partition coefficient (Wildman–Crippen LogP) is 0.210. The second-order valence-electron chi connectivity index (χ2n) is 6.51. The van der Waals surface area contributed by atoms with Crippen molar-refractivity contribution in [1.82, 2.24) is 15.1 Å². The molecule has 4 unspecified atom stereocenters. The van der Waals surface area contributed by atoms with Gasteiger partial charge in [0.25, 0.3) is 0 Å². The van der Waals surface area contributed by atoms with Gasteiger partial charge in [-0.1, -0.05) is 0 Å². The van der Waals surface area contributed by atoms with Crippen molar-refractivity contribution in [3.63, 3.8) is 0 Å². The molecule has 2 saturated heterocycles. The van der Waals surface area contributed by atoms with E-state index in [0.29, 0.717) is 13.1 Å². The minimum atomic E-state index is -1.06. The Labute approximate surface area is 125 Å². The van der Waals surface area contributed by atoms with Crippen LogP contribution < -0.4 is 5.32 Å². The molecule has 0 aliphatic carbocycles. The lowest BCUT2D eigenvalue weighted by Crippen LogP contribution is -2.60. The molecule has 7 heteroatoms. The normalized spacial score (nSPS) is 37.5. The van der Waals surface area contributed by atoms with Gasteiger partial charge in [-0.3, -0.25) is 9.69 Å². The number of nitrogens with one attached hydrogen (secondary N) is 1. The molecule has 2 rings (SSSR count). The molecule has 0 spiro atoms. The summed E-state index contributed by atoms with van der Waals surface area (Å²) >= 11 is 0. The molecule has 0 aromatic rings. The maximum atomic E-state index is 12.4. The number of likely N-dealkylation sites (N-methyl/N-ethyl adjacent to an activating group) is 1. The van der Waals surface area contributed by atoms with Gasteiger partial charge in [-0.25, -0.2) is 4.79 Å². The predicted molar refractivity (Wildman–Crippen MR) is 77.1 cm³/mol. The molecule has 0 aromatic carbocycles. The van der Waals surface area contributed by atoms with Gasteiger partial charge in [0.1, 0.15) is 5.41 Å². The molecule has 7 nitrogen and oxygen atoms in total. The Morgan fingerprint density at radius 2 is 1.86 bits per heavy atom. The van der Waals surface area contributed by atoms with E-state index in [0.717, 1.165) is 0 Å². The molecule has 2 N–H and O–H groups in total. The van der Waals surface area contributed by atoms with E-state index in [1.807, 2.05) is 0 Å². The van der Waals surface area contributed by atoms with Gasteiger partial charge in [0.05, 0.1) is 19.3 Å². The van der Waals surface area contributed by atoms with Gasteiger partial charge in [0, 0.05) is 25.2 Å². The zero-order valence-corrected chi connectivity index (χ0v) is 13.1. The molecule has 0 aromatic heterocycles. The Bertz CT molecular complexity index is 418. The third kappa shape index (κ3) is 2.98. The van der Waals surface area contributed by atoms with Gasteiger partial charge in [0.2, 0.25) is 0 Å². The fourth-order valence-electron chi connectivity index (χ4n) is 2.90. The third-order valence-electron chi connectivity index (χ3n) is 4.89. The Morgan fingerprint density at radius 1 is 1.29 bits per heavy atom. The molecule has 120 valence electrons. The summed E-state index contributed by atoms with van der Waals surface area (Å²) in [5.41, 5.74) is -1.06. The number of carboxylic acids is 1. The molecule has 2 aliphatic heterocycles. The Kier molecular flexibility index (Phi) is 4.43. The number of aliphatic carboxylic acids is 1. The zero-order chi connectivity index (χ0) is 15.8. The fourth-order valence-corrected chi connectivity index (χ4v) is 2.90. The zero-order valence-electron chi connectivity index (χ0n) is 13.1. The first-order valence-electron chi connectivity index (χ1n) is 7.34. The van der Waals surface area contributed by atoms with Crippen molar-refractivity contribution in [3.05, 3.63) is 0 Å². The van der Waals surface area contributed by atoms with E-state index in [9.17, 15) is 14.7 Å². The number of urea groups is 1. The average molecular weight is 299 g/mol. The van der Waals surface area contributed by atoms with Crippen LogP contribution in [0.1, 0.15) is 20.8 Å². The van der Waals surface area contributed by atoms with Crippen molar-refractivity contribution in [1.29, 1.82) is 0 Å². The SMILES string of the molecule is CC1CN(C(=O)NC2COCC2(C)C(=O)O)CC(C)N1C. The van der Waals surface area contributed by atoms with Crippen LogP contribution in [0.3, 0.4) is 0 Å². The van der Waals surface area contributed by atoms with Crippen LogP contribution in [-0.2, 0) is 9.53 Å². The average Bonchev–Trinajstić information content (AvgIpc) is 2.78. The van der Waals surface area contributed by atoms with E-state index in [1.54, 1.807) is 11.8 Å². The number of carboxylic acid groups (broad SMARTS) is 1. The minimum Gasteiger partial charge on any atom is -0.481 e. The van der Waals surface area contributed by atoms with Crippen molar-refractivity contribution >= 4 is 12.0 Å². The van der Waals surface area contributed by atoms with Crippen LogP contribution in [0.5, 0.6) is 0 Å². The molecule has 2 amide bonds. The lowest BCUT2D eigenvalue weighted by Gasteiger charge is -2.42. The molecule has 4 atom stereocenters. The lowest BCUT2D eigenvalue weighted by molar-refractivity contribution is -0.148. The van der Waals surface area contributed by atoms with Gasteiger partial charge < -0.3 is 20.1 Å². The molecule has 2 heterocycles. The van der Waals surface area contributed by atoms with Crippen molar-refractivity contribution in [2.75, 3.05) is 33.4 Å². The third-order valence-corrected chi connectivity index (χ3v) is 4.89. The highest BCUT2D eigenvalue weighted by Gasteiger charge is 2.48. The Morgan fingerprint density at radius 3 is 2.38 bits per heavy atom. The second-order valence-corrected chi connectivity index (χ2v) is 6.51. The molecule has 21 heavy (non-hydrogen) atoms. The van der Waals surface area contributed by atoms with Gasteiger partial charge in [0.15, 0.2) is 0 Å². The van der Waals surface area contributed by atoms with E-state index < -0.39 is 17.4 Å². The minimum absolute atomic E-state index is 0.128. The van der Waals surface area contributed by atoms with Crippen LogP contribution in [0, 0.1) is 5.41 Å². The van der Waals surface area contributed by atoms with Crippen molar-refractivity contribution in [3.8, 4) is 0 Å². The van der Waals surface area contributed by atoms with Crippen LogP contribution >= 0.6 is 0 Å². The van der Waals surface area contributed by atoms with Gasteiger partial charge >= 0.3 is 12.0 Å². The van der Waals surface area contributed by atoms with Crippen LogP contribution in [-0.4, -0.2) is 78.4 Å². The topological polar surface area (TPSA) is 82.1 Å². The molecule has 2 aliphatic rings. The van der Waals surface area contributed by atoms with Gasteiger partial charge in [-0.2, -0.15) is 0 Å². The first kappa shape index (κ1) is 16.0. The Hall–Kier alpha value is -1.34. The maximum Gasteiger partial charge on any atom is 0.317 e. The number of nitrogens with zero attached hydrogens (tertiary/aromatic N) is 2. The summed E-state index contributed by atoms with van der Waals surface area (Å²) in [6, 6.07) is -0.132. The summed E-state index contributed by atoms with van der Waals surface area (Å²) in [5.74, 6) is -0.939. The summed E-state index contributed by atoms with van der Waals surface area (Å²) in [6.07, 6.45) is 0. The monoisotopic (exact) mass is 299 g/mol. The number of rotatable bonds is 2. The summed E-state index contributed by atoms with van der Waals surface area (Å²) < 4.78 is 5.26. The van der Waals surface area contributed by atoms with Gasteiger partial charge in [-0.15, -0.1) is 0 Å². The molecule has 0 saturated carbocycles. The first-order valence-corrected chi connectivity index (χ1v) is 7.34. The van der Waals surface area contributed by atoms with Crippen molar-refractivity contribution in [2.45, 2.75) is 38.9 Å². The highest BCUT2D eigenvalue weighted by molar-refractivity contribution is 5.79. The molecular formula is C14H25N3O4. The van der Waals surface area contributed by atoms with Gasteiger partial charge in [-0.05, 0) is 27.8 Å². The smallest absolute Gasteiger partial charge is 0.317 e. The highest BCUT2D eigenvalue weighted by Crippen LogP contribution is 2.29.